The monoisotopic (exact) mass is 179 g/mol. The molecule has 0 radical (unpaired) electrons. The van der Waals surface area contributed by atoms with Crippen LogP contribution < -0.4 is 4.74 Å². The molecule has 0 atom stereocenters. The maximum atomic E-state index is 12.9. The molecule has 66 valence electrons. The predicted octanol–water partition coefficient (Wildman–Crippen LogP) is 1.28. The molecule has 1 rings (SSSR count). The summed E-state index contributed by atoms with van der Waals surface area (Å²) < 4.78 is 17.6. The summed E-state index contributed by atoms with van der Waals surface area (Å²) in [6.07, 6.45) is 0.512. The predicted molar refractivity (Wildman–Crippen MR) is 42.7 cm³/mol. The summed E-state index contributed by atoms with van der Waals surface area (Å²) in [6.45, 7) is -0.216. The maximum absolute atomic E-state index is 12.9. The second-order valence-electron chi connectivity index (χ2n) is 2.23. The second-order valence-corrected chi connectivity index (χ2v) is 2.23. The number of ether oxygens (including phenoxy) is 1. The van der Waals surface area contributed by atoms with E-state index in [0.717, 1.165) is 6.07 Å². The van der Waals surface area contributed by atoms with Gasteiger partial charge in [0.2, 0.25) is 0 Å². The number of aldehydes is 1. The van der Waals surface area contributed by atoms with Gasteiger partial charge in [0.05, 0.1) is 11.6 Å². The normalized spacial score (nSPS) is 8.92. The fourth-order valence-corrected chi connectivity index (χ4v) is 0.807. The van der Waals surface area contributed by atoms with Gasteiger partial charge in [-0.3, -0.25) is 4.79 Å². The number of benzene rings is 1. The Kier molecular flexibility index (Phi) is 2.98. The van der Waals surface area contributed by atoms with Crippen molar-refractivity contribution >= 4 is 6.29 Å². The molecule has 13 heavy (non-hydrogen) atoms. The van der Waals surface area contributed by atoms with Crippen molar-refractivity contribution in [3.63, 3.8) is 0 Å². The van der Waals surface area contributed by atoms with Crippen LogP contribution in [0.15, 0.2) is 18.2 Å². The van der Waals surface area contributed by atoms with Crippen molar-refractivity contribution in [3.8, 4) is 11.8 Å². The van der Waals surface area contributed by atoms with E-state index in [2.05, 4.69) is 0 Å². The van der Waals surface area contributed by atoms with E-state index in [4.69, 9.17) is 10.00 Å². The molecule has 0 aliphatic heterocycles. The number of carbonyl (C=O) groups excluding carboxylic acids is 1. The Morgan fingerprint density at radius 2 is 2.38 bits per heavy atom. The Bertz CT molecular complexity index is 357. The van der Waals surface area contributed by atoms with Crippen molar-refractivity contribution in [2.75, 3.05) is 6.61 Å². The summed E-state index contributed by atoms with van der Waals surface area (Å²) in [4.78, 5) is 9.93. The number of hydrogen-bond donors (Lipinski definition) is 0. The molecule has 0 unspecified atom stereocenters. The Hall–Kier alpha value is -1.89. The zero-order chi connectivity index (χ0) is 9.68. The van der Waals surface area contributed by atoms with Crippen molar-refractivity contribution in [2.45, 2.75) is 0 Å². The molecule has 0 saturated carbocycles. The molecule has 0 fully saturated rings. The van der Waals surface area contributed by atoms with Crippen LogP contribution in [0.3, 0.4) is 0 Å². The number of halogens is 1. The summed E-state index contributed by atoms with van der Waals surface area (Å²) in [6, 6.07) is 5.54. The topological polar surface area (TPSA) is 50.1 Å². The van der Waals surface area contributed by atoms with E-state index in [1.807, 2.05) is 6.07 Å². The van der Waals surface area contributed by atoms with Gasteiger partial charge in [-0.15, -0.1) is 0 Å². The average Bonchev–Trinajstić information content (AvgIpc) is 2.17. The van der Waals surface area contributed by atoms with E-state index in [0.29, 0.717) is 11.8 Å². The fourth-order valence-electron chi connectivity index (χ4n) is 0.807. The molecular weight excluding hydrogens is 173 g/mol. The fraction of sp³-hybridized carbons (Fsp3) is 0.111. The molecule has 0 heterocycles. The zero-order valence-electron chi connectivity index (χ0n) is 6.66. The molecule has 1 aromatic rings. The van der Waals surface area contributed by atoms with Gasteiger partial charge in [0.15, 0.2) is 17.9 Å². The first kappa shape index (κ1) is 9.20. The van der Waals surface area contributed by atoms with Gasteiger partial charge in [-0.2, -0.15) is 5.26 Å². The Morgan fingerprint density at radius 1 is 1.62 bits per heavy atom. The quantitative estimate of drug-likeness (QED) is 0.656. The van der Waals surface area contributed by atoms with Crippen LogP contribution in [-0.4, -0.2) is 12.9 Å². The number of nitrogens with zero attached hydrogens (tertiary/aromatic N) is 1. The van der Waals surface area contributed by atoms with Crippen molar-refractivity contribution in [2.24, 2.45) is 0 Å². The van der Waals surface area contributed by atoms with Crippen molar-refractivity contribution < 1.29 is 13.9 Å². The smallest absolute Gasteiger partial charge is 0.165 e. The molecule has 0 spiro atoms. The lowest BCUT2D eigenvalue weighted by Crippen LogP contribution is -1.99. The molecule has 0 N–H and O–H groups in total. The van der Waals surface area contributed by atoms with Crippen LogP contribution in [0.2, 0.25) is 0 Å². The van der Waals surface area contributed by atoms with Gasteiger partial charge in [-0.25, -0.2) is 4.39 Å². The third-order valence-corrected chi connectivity index (χ3v) is 1.37. The van der Waals surface area contributed by atoms with Crippen LogP contribution in [0, 0.1) is 17.1 Å². The summed E-state index contributed by atoms with van der Waals surface area (Å²) in [7, 11) is 0. The number of rotatable bonds is 3. The van der Waals surface area contributed by atoms with Gasteiger partial charge in [0, 0.05) is 6.07 Å². The third-order valence-electron chi connectivity index (χ3n) is 1.37. The molecule has 0 aliphatic carbocycles. The SMILES string of the molecule is N#Cc1ccc(F)c(OCC=O)c1. The Balaban J connectivity index is 2.91. The molecule has 0 saturated heterocycles. The Labute approximate surface area is 74.4 Å². The molecule has 0 aromatic heterocycles. The lowest BCUT2D eigenvalue weighted by molar-refractivity contribution is -0.109. The van der Waals surface area contributed by atoms with Gasteiger partial charge in [0.25, 0.3) is 0 Å². The van der Waals surface area contributed by atoms with E-state index in [1.54, 1.807) is 0 Å². The maximum Gasteiger partial charge on any atom is 0.165 e. The summed E-state index contributed by atoms with van der Waals surface area (Å²) in [5.41, 5.74) is 0.294. The largest absolute Gasteiger partial charge is 0.483 e. The van der Waals surface area contributed by atoms with Crippen LogP contribution in [0.1, 0.15) is 5.56 Å². The van der Waals surface area contributed by atoms with E-state index >= 15 is 0 Å². The lowest BCUT2D eigenvalue weighted by atomic mass is 10.2. The van der Waals surface area contributed by atoms with Gasteiger partial charge in [-0.05, 0) is 12.1 Å². The van der Waals surface area contributed by atoms with Gasteiger partial charge < -0.3 is 4.74 Å². The zero-order valence-corrected chi connectivity index (χ0v) is 6.66. The minimum absolute atomic E-state index is 0.0776. The van der Waals surface area contributed by atoms with E-state index in [-0.39, 0.29) is 12.4 Å². The first-order chi connectivity index (χ1) is 6.27. The van der Waals surface area contributed by atoms with E-state index in [9.17, 15) is 9.18 Å². The first-order valence-corrected chi connectivity index (χ1v) is 3.54. The van der Waals surface area contributed by atoms with Crippen LogP contribution in [0.5, 0.6) is 5.75 Å². The van der Waals surface area contributed by atoms with Crippen LogP contribution >= 0.6 is 0 Å². The first-order valence-electron chi connectivity index (χ1n) is 3.54. The average molecular weight is 179 g/mol. The number of nitriles is 1. The third kappa shape index (κ3) is 2.27. The highest BCUT2D eigenvalue weighted by Crippen LogP contribution is 2.17. The summed E-state index contributed by atoms with van der Waals surface area (Å²) in [5.74, 6) is -0.660. The van der Waals surface area contributed by atoms with Crippen LogP contribution in [0.4, 0.5) is 4.39 Å². The second kappa shape index (κ2) is 4.21. The molecule has 0 amide bonds. The summed E-state index contributed by atoms with van der Waals surface area (Å²) >= 11 is 0. The highest BCUT2D eigenvalue weighted by molar-refractivity contribution is 5.51. The molecule has 4 heteroatoms. The molecule has 0 aliphatic rings. The van der Waals surface area contributed by atoms with Crippen LogP contribution in [0.25, 0.3) is 0 Å². The number of hydrogen-bond acceptors (Lipinski definition) is 3. The highest BCUT2D eigenvalue weighted by Gasteiger charge is 2.03. The molecule has 3 nitrogen and oxygen atoms in total. The van der Waals surface area contributed by atoms with E-state index < -0.39 is 5.82 Å². The van der Waals surface area contributed by atoms with Crippen molar-refractivity contribution in [1.82, 2.24) is 0 Å². The molecule has 0 bridgehead atoms. The van der Waals surface area contributed by atoms with Crippen LogP contribution in [-0.2, 0) is 4.79 Å². The molecular formula is C9H6FNO2. The minimum Gasteiger partial charge on any atom is -0.483 e. The minimum atomic E-state index is -0.583. The van der Waals surface area contributed by atoms with Crippen molar-refractivity contribution in [1.29, 1.82) is 5.26 Å². The molecule has 1 aromatic carbocycles. The van der Waals surface area contributed by atoms with E-state index in [1.165, 1.54) is 12.1 Å². The van der Waals surface area contributed by atoms with Gasteiger partial charge in [0.1, 0.15) is 6.61 Å². The highest BCUT2D eigenvalue weighted by atomic mass is 19.1. The standard InChI is InChI=1S/C9H6FNO2/c10-8-2-1-7(6-11)5-9(8)13-4-3-12/h1-3,5H,4H2. The van der Waals surface area contributed by atoms with Crippen molar-refractivity contribution in [3.05, 3.63) is 29.6 Å². The lowest BCUT2D eigenvalue weighted by Gasteiger charge is -2.02. The van der Waals surface area contributed by atoms with Gasteiger partial charge in [-0.1, -0.05) is 0 Å². The Morgan fingerprint density at radius 3 is 3.00 bits per heavy atom. The van der Waals surface area contributed by atoms with Gasteiger partial charge >= 0.3 is 0 Å². The summed E-state index contributed by atoms with van der Waals surface area (Å²) in [5, 5.41) is 8.48. The number of carbonyl (C=O) groups is 1.